The predicted molar refractivity (Wildman–Crippen MR) is 163 cm³/mol. The van der Waals surface area contributed by atoms with E-state index in [0.29, 0.717) is 39.1 Å². The van der Waals surface area contributed by atoms with E-state index in [1.54, 1.807) is 20.8 Å². The number of carbonyl (C=O) groups is 1. The Bertz CT molecular complexity index is 1290. The molecule has 0 amide bonds. The van der Waals surface area contributed by atoms with Gasteiger partial charge in [0.1, 0.15) is 23.1 Å². The summed E-state index contributed by atoms with van der Waals surface area (Å²) in [7, 11) is 0. The number of ether oxygens (including phenoxy) is 3. The third kappa shape index (κ3) is 8.01. The molecule has 0 aromatic heterocycles. The van der Waals surface area contributed by atoms with Crippen molar-refractivity contribution in [3.05, 3.63) is 70.3 Å². The summed E-state index contributed by atoms with van der Waals surface area (Å²) in [6.07, 6.45) is 4.49. The van der Waals surface area contributed by atoms with Gasteiger partial charge in [0.05, 0.1) is 19.3 Å². The van der Waals surface area contributed by atoms with Crippen LogP contribution >= 0.6 is 0 Å². The topological polar surface area (TPSA) is 48.0 Å². The lowest BCUT2D eigenvalue weighted by molar-refractivity contribution is -0.167. The number of alkyl halides is 1. The highest BCUT2D eigenvalue weighted by atomic mass is 19.1. The number of nitrogens with zero attached hydrogens (tertiary/aromatic N) is 1. The SMILES string of the molecule is CCOC(=O)C(C)(C)OCCCCCCOc1cc(F)c([C@@H]2C3=C(C[C@@H](C)N2CC(C)(C)F)c2ccccc2C3)c(F)c1. The Morgan fingerprint density at radius 3 is 2.30 bits per heavy atom. The van der Waals surface area contributed by atoms with Crippen LogP contribution in [0, 0.1) is 11.6 Å². The maximum absolute atomic E-state index is 15.8. The Kier molecular flexibility index (Phi) is 10.7. The van der Waals surface area contributed by atoms with Gasteiger partial charge < -0.3 is 14.2 Å². The maximum Gasteiger partial charge on any atom is 0.337 e. The van der Waals surface area contributed by atoms with Crippen molar-refractivity contribution in [2.45, 2.75) is 103 Å². The Labute approximate surface area is 254 Å². The number of hydrogen-bond acceptors (Lipinski definition) is 5. The zero-order chi connectivity index (χ0) is 31.4. The van der Waals surface area contributed by atoms with Crippen LogP contribution in [0.1, 0.15) is 96.4 Å². The molecule has 2 aromatic rings. The minimum atomic E-state index is -1.53. The van der Waals surface area contributed by atoms with Gasteiger partial charge in [-0.15, -0.1) is 0 Å². The summed E-state index contributed by atoms with van der Waals surface area (Å²) in [5.74, 6) is -1.60. The van der Waals surface area contributed by atoms with Gasteiger partial charge in [-0.25, -0.2) is 18.0 Å². The van der Waals surface area contributed by atoms with Gasteiger partial charge in [-0.3, -0.25) is 4.90 Å². The van der Waals surface area contributed by atoms with Crippen LogP contribution in [0.3, 0.4) is 0 Å². The van der Waals surface area contributed by atoms with Gasteiger partial charge in [-0.1, -0.05) is 30.7 Å². The van der Waals surface area contributed by atoms with Gasteiger partial charge in [-0.2, -0.15) is 0 Å². The molecule has 2 atom stereocenters. The van der Waals surface area contributed by atoms with Crippen molar-refractivity contribution in [3.8, 4) is 5.75 Å². The molecule has 0 fully saturated rings. The number of fused-ring (bicyclic) bond motifs is 2. The van der Waals surface area contributed by atoms with E-state index in [1.807, 2.05) is 24.0 Å². The van der Waals surface area contributed by atoms with Crippen molar-refractivity contribution in [2.75, 3.05) is 26.4 Å². The molecule has 8 heteroatoms. The minimum absolute atomic E-state index is 0.0470. The van der Waals surface area contributed by atoms with E-state index < -0.39 is 28.9 Å². The largest absolute Gasteiger partial charge is 0.493 e. The third-order valence-electron chi connectivity index (χ3n) is 8.26. The van der Waals surface area contributed by atoms with Crippen LogP contribution in [0.2, 0.25) is 0 Å². The lowest BCUT2D eigenvalue weighted by Gasteiger charge is -2.44. The lowest BCUT2D eigenvalue weighted by Crippen LogP contribution is -2.47. The van der Waals surface area contributed by atoms with Gasteiger partial charge in [-0.05, 0) is 95.9 Å². The minimum Gasteiger partial charge on any atom is -0.493 e. The smallest absolute Gasteiger partial charge is 0.337 e. The standard InChI is InChI=1S/C35H46F3NO4/c1-7-41-33(40)35(5,6)43-17-13-9-8-12-16-42-25-20-29(36)31(30(37)21-25)32-28-19-24-14-10-11-15-26(24)27(28)18-23(2)39(32)22-34(3,4)38/h10-11,14-15,20-21,23,32H,7-9,12-13,16-19,22H2,1-6H3/t23-,32+/m1/s1. The number of hydrogen-bond donors (Lipinski definition) is 0. The maximum atomic E-state index is 15.8. The molecule has 0 saturated heterocycles. The lowest BCUT2D eigenvalue weighted by atomic mass is 9.84. The predicted octanol–water partition coefficient (Wildman–Crippen LogP) is 8.16. The molecule has 236 valence electrons. The Hall–Kier alpha value is -2.84. The molecule has 0 spiro atoms. The van der Waals surface area contributed by atoms with Crippen LogP contribution in [0.5, 0.6) is 5.75 Å². The highest BCUT2D eigenvalue weighted by Gasteiger charge is 2.43. The monoisotopic (exact) mass is 601 g/mol. The Morgan fingerprint density at radius 1 is 1.00 bits per heavy atom. The number of halogens is 3. The van der Waals surface area contributed by atoms with Crippen molar-refractivity contribution in [2.24, 2.45) is 0 Å². The van der Waals surface area contributed by atoms with E-state index >= 15 is 13.2 Å². The van der Waals surface area contributed by atoms with Crippen LogP contribution in [-0.2, 0) is 20.7 Å². The Balaban J connectivity index is 1.40. The number of esters is 1. The molecule has 43 heavy (non-hydrogen) atoms. The molecule has 0 radical (unpaired) electrons. The normalized spacial score (nSPS) is 18.9. The first-order chi connectivity index (χ1) is 20.3. The highest BCUT2D eigenvalue weighted by Crippen LogP contribution is 2.50. The molecule has 1 aliphatic carbocycles. The van der Waals surface area contributed by atoms with Crippen molar-refractivity contribution in [1.82, 2.24) is 4.90 Å². The molecular formula is C35H46F3NO4. The van der Waals surface area contributed by atoms with E-state index in [4.69, 9.17) is 14.2 Å². The van der Waals surface area contributed by atoms with Crippen LogP contribution in [-0.4, -0.2) is 54.5 Å². The van der Waals surface area contributed by atoms with Crippen LogP contribution in [0.4, 0.5) is 13.2 Å². The van der Waals surface area contributed by atoms with Gasteiger partial charge in [0.2, 0.25) is 0 Å². The fourth-order valence-electron chi connectivity index (χ4n) is 6.19. The number of unbranched alkanes of at least 4 members (excludes halogenated alkanes) is 3. The molecule has 0 bridgehead atoms. The summed E-state index contributed by atoms with van der Waals surface area (Å²) in [6.45, 7) is 11.3. The molecule has 2 aliphatic rings. The summed E-state index contributed by atoms with van der Waals surface area (Å²) in [6, 6.07) is 9.80. The first-order valence-electron chi connectivity index (χ1n) is 15.5. The second kappa shape index (κ2) is 13.9. The van der Waals surface area contributed by atoms with E-state index in [9.17, 15) is 4.79 Å². The first-order valence-corrected chi connectivity index (χ1v) is 15.5. The van der Waals surface area contributed by atoms with Crippen molar-refractivity contribution in [1.29, 1.82) is 0 Å². The molecule has 0 saturated carbocycles. The van der Waals surface area contributed by atoms with Gasteiger partial charge >= 0.3 is 5.97 Å². The zero-order valence-corrected chi connectivity index (χ0v) is 26.4. The van der Waals surface area contributed by atoms with E-state index in [-0.39, 0.29) is 29.9 Å². The summed E-state index contributed by atoms with van der Waals surface area (Å²) >= 11 is 0. The van der Waals surface area contributed by atoms with E-state index in [1.165, 1.54) is 26.0 Å². The van der Waals surface area contributed by atoms with Crippen molar-refractivity contribution < 1.29 is 32.2 Å². The molecule has 5 nitrogen and oxygen atoms in total. The molecule has 4 rings (SSSR count). The van der Waals surface area contributed by atoms with Gasteiger partial charge in [0.25, 0.3) is 0 Å². The third-order valence-corrected chi connectivity index (χ3v) is 8.26. The summed E-state index contributed by atoms with van der Waals surface area (Å²) in [4.78, 5) is 13.8. The number of benzene rings is 2. The summed E-state index contributed by atoms with van der Waals surface area (Å²) in [5.41, 5.74) is 1.78. The van der Waals surface area contributed by atoms with Crippen molar-refractivity contribution in [3.63, 3.8) is 0 Å². The average molecular weight is 602 g/mol. The van der Waals surface area contributed by atoms with Gasteiger partial charge in [0, 0.05) is 36.9 Å². The van der Waals surface area contributed by atoms with Crippen LogP contribution in [0.15, 0.2) is 42.0 Å². The fourth-order valence-corrected chi connectivity index (χ4v) is 6.19. The van der Waals surface area contributed by atoms with E-state index in [2.05, 4.69) is 12.1 Å². The zero-order valence-electron chi connectivity index (χ0n) is 26.4. The Morgan fingerprint density at radius 2 is 1.65 bits per heavy atom. The molecular weight excluding hydrogens is 555 g/mol. The van der Waals surface area contributed by atoms with Crippen LogP contribution < -0.4 is 4.74 Å². The molecule has 1 heterocycles. The quantitative estimate of drug-likeness (QED) is 0.162. The molecule has 1 aliphatic heterocycles. The number of rotatable bonds is 14. The van der Waals surface area contributed by atoms with Crippen molar-refractivity contribution >= 4 is 11.5 Å². The summed E-state index contributed by atoms with van der Waals surface area (Å²) in [5, 5.41) is 0. The molecule has 0 N–H and O–H groups in total. The number of carbonyl (C=O) groups excluding carboxylic acids is 1. The highest BCUT2D eigenvalue weighted by molar-refractivity contribution is 5.79. The molecule has 0 unspecified atom stereocenters. The van der Waals surface area contributed by atoms with E-state index in [0.717, 1.165) is 41.5 Å². The van der Waals surface area contributed by atoms with Crippen LogP contribution in [0.25, 0.3) is 5.57 Å². The fraction of sp³-hybridized carbons (Fsp3) is 0.571. The second-order valence-corrected chi connectivity index (χ2v) is 12.8. The van der Waals surface area contributed by atoms with Gasteiger partial charge in [0.15, 0.2) is 5.60 Å². The second-order valence-electron chi connectivity index (χ2n) is 12.8. The average Bonchev–Trinajstić information content (AvgIpc) is 3.29. The molecule has 2 aromatic carbocycles. The first kappa shape index (κ1) is 33.1. The summed E-state index contributed by atoms with van der Waals surface area (Å²) < 4.78 is 63.1.